The highest BCUT2D eigenvalue weighted by Crippen LogP contribution is 2.34. The van der Waals surface area contributed by atoms with Gasteiger partial charge < -0.3 is 20.5 Å². The number of amides is 1. The van der Waals surface area contributed by atoms with Crippen molar-refractivity contribution in [2.75, 3.05) is 12.4 Å². The van der Waals surface area contributed by atoms with E-state index in [0.29, 0.717) is 5.69 Å². The second-order valence-corrected chi connectivity index (χ2v) is 5.19. The minimum atomic E-state index is -2.97. The van der Waals surface area contributed by atoms with Crippen LogP contribution in [0.15, 0.2) is 18.2 Å². The van der Waals surface area contributed by atoms with E-state index in [-0.39, 0.29) is 23.8 Å². The van der Waals surface area contributed by atoms with Crippen LogP contribution in [0.1, 0.15) is 25.7 Å². The van der Waals surface area contributed by atoms with Crippen LogP contribution in [0.5, 0.6) is 11.5 Å². The molecular formula is C14H18F2N2O3. The van der Waals surface area contributed by atoms with E-state index in [1.165, 1.54) is 19.2 Å². The molecule has 0 unspecified atom stereocenters. The summed E-state index contributed by atoms with van der Waals surface area (Å²) in [4.78, 5) is 11.9. The molecule has 1 fully saturated rings. The fourth-order valence-electron chi connectivity index (χ4n) is 2.28. The van der Waals surface area contributed by atoms with Gasteiger partial charge in [0, 0.05) is 23.7 Å². The van der Waals surface area contributed by atoms with Gasteiger partial charge in [0.15, 0.2) is 11.5 Å². The topological polar surface area (TPSA) is 73.6 Å². The second-order valence-electron chi connectivity index (χ2n) is 5.19. The average molecular weight is 300 g/mol. The summed E-state index contributed by atoms with van der Waals surface area (Å²) in [6, 6.07) is 4.31. The van der Waals surface area contributed by atoms with Crippen molar-refractivity contribution >= 4 is 11.6 Å². The smallest absolute Gasteiger partial charge is 0.387 e. The molecule has 1 saturated carbocycles. The molecule has 21 heavy (non-hydrogen) atoms. The zero-order chi connectivity index (χ0) is 15.5. The average Bonchev–Trinajstić information content (AvgIpc) is 2.36. The molecule has 0 radical (unpaired) electrons. The molecule has 3 N–H and O–H groups in total. The molecule has 1 aromatic carbocycles. The third-order valence-corrected chi connectivity index (χ3v) is 3.53. The molecule has 0 aliphatic heterocycles. The molecule has 0 aromatic heterocycles. The largest absolute Gasteiger partial charge is 0.493 e. The SMILES string of the molecule is COc1ccc(NC(=O)CC2(N)CCC2)cc1OC(F)F. The van der Waals surface area contributed by atoms with E-state index in [1.807, 2.05) is 0 Å². The Morgan fingerprint density at radius 1 is 1.43 bits per heavy atom. The molecule has 1 aliphatic rings. The van der Waals surface area contributed by atoms with Gasteiger partial charge in [-0.25, -0.2) is 0 Å². The lowest BCUT2D eigenvalue weighted by Crippen LogP contribution is -2.48. The van der Waals surface area contributed by atoms with Gasteiger partial charge in [0.2, 0.25) is 5.91 Å². The number of hydrogen-bond acceptors (Lipinski definition) is 4. The van der Waals surface area contributed by atoms with Gasteiger partial charge in [-0.3, -0.25) is 4.79 Å². The van der Waals surface area contributed by atoms with E-state index in [9.17, 15) is 13.6 Å². The number of methoxy groups -OCH3 is 1. The van der Waals surface area contributed by atoms with E-state index >= 15 is 0 Å². The van der Waals surface area contributed by atoms with Crippen molar-refractivity contribution in [2.45, 2.75) is 37.8 Å². The molecule has 0 bridgehead atoms. The summed E-state index contributed by atoms with van der Waals surface area (Å²) in [5.41, 5.74) is 5.92. The van der Waals surface area contributed by atoms with E-state index in [1.54, 1.807) is 6.07 Å². The third-order valence-electron chi connectivity index (χ3n) is 3.53. The standard InChI is InChI=1S/C14H18F2N2O3/c1-20-10-4-3-9(7-11(10)21-13(15)16)18-12(19)8-14(17)5-2-6-14/h3-4,7,13H,2,5-6,8,17H2,1H3,(H,18,19). The van der Waals surface area contributed by atoms with Crippen molar-refractivity contribution in [2.24, 2.45) is 5.73 Å². The molecule has 1 aliphatic carbocycles. The van der Waals surface area contributed by atoms with Crippen LogP contribution in [-0.4, -0.2) is 25.2 Å². The normalized spacial score (nSPS) is 16.2. The van der Waals surface area contributed by atoms with Crippen LogP contribution in [0.25, 0.3) is 0 Å². The number of halogens is 2. The van der Waals surface area contributed by atoms with Gasteiger partial charge in [-0.1, -0.05) is 0 Å². The summed E-state index contributed by atoms with van der Waals surface area (Å²) in [5, 5.41) is 2.63. The maximum absolute atomic E-state index is 12.3. The van der Waals surface area contributed by atoms with Crippen LogP contribution in [0.3, 0.4) is 0 Å². The van der Waals surface area contributed by atoms with Crippen LogP contribution in [0, 0.1) is 0 Å². The predicted octanol–water partition coefficient (Wildman–Crippen LogP) is 2.51. The number of carbonyl (C=O) groups excluding carboxylic acids is 1. The first-order valence-electron chi connectivity index (χ1n) is 6.63. The Hall–Kier alpha value is -1.89. The third kappa shape index (κ3) is 4.04. The van der Waals surface area contributed by atoms with Gasteiger partial charge in [0.1, 0.15) is 0 Å². The zero-order valence-corrected chi connectivity index (χ0v) is 11.7. The Bertz CT molecular complexity index is 519. The summed E-state index contributed by atoms with van der Waals surface area (Å²) >= 11 is 0. The number of hydrogen-bond donors (Lipinski definition) is 2. The van der Waals surface area contributed by atoms with Crippen LogP contribution in [-0.2, 0) is 4.79 Å². The Balaban J connectivity index is 2.03. The van der Waals surface area contributed by atoms with Crippen molar-refractivity contribution < 1.29 is 23.0 Å². The summed E-state index contributed by atoms with van der Waals surface area (Å²) in [7, 11) is 1.35. The molecule has 7 heteroatoms. The number of carbonyl (C=O) groups is 1. The van der Waals surface area contributed by atoms with Gasteiger partial charge in [-0.15, -0.1) is 0 Å². The molecule has 0 saturated heterocycles. The number of benzene rings is 1. The quantitative estimate of drug-likeness (QED) is 0.846. The Morgan fingerprint density at radius 3 is 2.67 bits per heavy atom. The Morgan fingerprint density at radius 2 is 2.14 bits per heavy atom. The van der Waals surface area contributed by atoms with Crippen molar-refractivity contribution in [3.8, 4) is 11.5 Å². The van der Waals surface area contributed by atoms with Crippen LogP contribution in [0.2, 0.25) is 0 Å². The van der Waals surface area contributed by atoms with Gasteiger partial charge >= 0.3 is 6.61 Å². The van der Waals surface area contributed by atoms with Crippen molar-refractivity contribution in [1.29, 1.82) is 0 Å². The Labute approximate surface area is 121 Å². The van der Waals surface area contributed by atoms with Crippen molar-refractivity contribution in [3.05, 3.63) is 18.2 Å². The molecule has 0 atom stereocenters. The number of anilines is 1. The molecule has 1 amide bonds. The molecular weight excluding hydrogens is 282 g/mol. The summed E-state index contributed by atoms with van der Waals surface area (Å²) in [5.74, 6) is -0.204. The fraction of sp³-hybridized carbons (Fsp3) is 0.500. The first-order chi connectivity index (χ1) is 9.92. The molecule has 0 heterocycles. The number of nitrogens with two attached hydrogens (primary N) is 1. The van der Waals surface area contributed by atoms with E-state index in [2.05, 4.69) is 10.1 Å². The number of nitrogens with one attached hydrogen (secondary N) is 1. The van der Waals surface area contributed by atoms with Gasteiger partial charge in [0.05, 0.1) is 7.11 Å². The summed E-state index contributed by atoms with van der Waals surface area (Å²) < 4.78 is 33.9. The second kappa shape index (κ2) is 6.26. The predicted molar refractivity (Wildman–Crippen MR) is 73.6 cm³/mol. The lowest BCUT2D eigenvalue weighted by atomic mass is 9.75. The maximum Gasteiger partial charge on any atom is 0.387 e. The molecule has 116 valence electrons. The monoisotopic (exact) mass is 300 g/mol. The van der Waals surface area contributed by atoms with Crippen LogP contribution >= 0.6 is 0 Å². The van der Waals surface area contributed by atoms with E-state index < -0.39 is 12.2 Å². The number of alkyl halides is 2. The first-order valence-corrected chi connectivity index (χ1v) is 6.63. The lowest BCUT2D eigenvalue weighted by molar-refractivity contribution is -0.118. The molecule has 5 nitrogen and oxygen atoms in total. The highest BCUT2D eigenvalue weighted by atomic mass is 19.3. The van der Waals surface area contributed by atoms with Gasteiger partial charge in [-0.2, -0.15) is 8.78 Å². The molecule has 2 rings (SSSR count). The zero-order valence-electron chi connectivity index (χ0n) is 11.7. The Kier molecular flexibility index (Phi) is 4.62. The lowest BCUT2D eigenvalue weighted by Gasteiger charge is -2.37. The summed E-state index contributed by atoms with van der Waals surface area (Å²) in [6.07, 6.45) is 2.88. The van der Waals surface area contributed by atoms with Gasteiger partial charge in [0.25, 0.3) is 0 Å². The molecule has 1 aromatic rings. The molecule has 0 spiro atoms. The fourth-order valence-corrected chi connectivity index (χ4v) is 2.28. The number of ether oxygens (including phenoxy) is 2. The van der Waals surface area contributed by atoms with E-state index in [4.69, 9.17) is 10.5 Å². The van der Waals surface area contributed by atoms with E-state index in [0.717, 1.165) is 19.3 Å². The summed E-state index contributed by atoms with van der Waals surface area (Å²) in [6.45, 7) is -2.97. The highest BCUT2D eigenvalue weighted by molar-refractivity contribution is 5.92. The van der Waals surface area contributed by atoms with Crippen LogP contribution < -0.4 is 20.5 Å². The minimum Gasteiger partial charge on any atom is -0.493 e. The van der Waals surface area contributed by atoms with Crippen molar-refractivity contribution in [1.82, 2.24) is 0 Å². The highest BCUT2D eigenvalue weighted by Gasteiger charge is 2.34. The first kappa shape index (κ1) is 15.5. The van der Waals surface area contributed by atoms with Gasteiger partial charge in [-0.05, 0) is 31.4 Å². The van der Waals surface area contributed by atoms with Crippen LogP contribution in [0.4, 0.5) is 14.5 Å². The number of rotatable bonds is 6. The van der Waals surface area contributed by atoms with Crippen molar-refractivity contribution in [3.63, 3.8) is 0 Å². The maximum atomic E-state index is 12.3. The minimum absolute atomic E-state index is 0.128.